The molecule has 2 aromatic carbocycles. The van der Waals surface area contributed by atoms with Gasteiger partial charge in [-0.15, -0.1) is 0 Å². The fraction of sp³-hybridized carbons (Fsp3) is 0.125. The van der Waals surface area contributed by atoms with Gasteiger partial charge in [-0.2, -0.15) is 0 Å². The Hall–Kier alpha value is -2.67. The van der Waals surface area contributed by atoms with Crippen LogP contribution < -0.4 is 10.1 Å². The minimum Gasteiger partial charge on any atom is -0.480 e. The summed E-state index contributed by atoms with van der Waals surface area (Å²) in [6.45, 7) is -1.08. The van der Waals surface area contributed by atoms with Crippen LogP contribution in [0.15, 0.2) is 42.5 Å². The van der Waals surface area contributed by atoms with Gasteiger partial charge in [0.1, 0.15) is 17.4 Å². The third-order valence-corrected chi connectivity index (χ3v) is 3.06. The molecule has 0 fully saturated rings. The molecule has 0 bridgehead atoms. The van der Waals surface area contributed by atoms with Gasteiger partial charge in [-0.1, -0.05) is 23.7 Å². The van der Waals surface area contributed by atoms with Gasteiger partial charge in [0, 0.05) is 6.07 Å². The van der Waals surface area contributed by atoms with Crippen LogP contribution in [0, 0.1) is 11.6 Å². The van der Waals surface area contributed by atoms with Crippen molar-refractivity contribution in [3.05, 3.63) is 59.1 Å². The molecule has 0 aliphatic rings. The zero-order valence-electron chi connectivity index (χ0n) is 12.2. The highest BCUT2D eigenvalue weighted by atomic mass is 35.5. The minimum absolute atomic E-state index is 0.218. The van der Waals surface area contributed by atoms with Crippen LogP contribution >= 0.6 is 11.6 Å². The molecule has 0 atom stereocenters. The smallest absolute Gasteiger partial charge is 0.344 e. The largest absolute Gasteiger partial charge is 0.480 e. The van der Waals surface area contributed by atoms with Crippen LogP contribution in [0.5, 0.6) is 5.75 Å². The number of anilines is 1. The first-order valence-corrected chi connectivity index (χ1v) is 7.11. The zero-order valence-corrected chi connectivity index (χ0v) is 13.0. The molecule has 0 saturated carbocycles. The molecular formula is C16H12ClF2NO4. The van der Waals surface area contributed by atoms with E-state index in [1.165, 1.54) is 0 Å². The molecule has 24 heavy (non-hydrogen) atoms. The summed E-state index contributed by atoms with van der Waals surface area (Å²) in [5, 5.41) is 2.48. The molecule has 1 amide bonds. The maximum atomic E-state index is 13.4. The van der Waals surface area contributed by atoms with Gasteiger partial charge in [-0.25, -0.2) is 13.6 Å². The van der Waals surface area contributed by atoms with E-state index in [0.29, 0.717) is 16.8 Å². The minimum atomic E-state index is -0.934. The van der Waals surface area contributed by atoms with Crippen LogP contribution in [0.4, 0.5) is 14.5 Å². The second-order valence-electron chi connectivity index (χ2n) is 4.55. The number of hydrogen-bond donors (Lipinski definition) is 1. The molecule has 0 aliphatic carbocycles. The van der Waals surface area contributed by atoms with Gasteiger partial charge in [-0.3, -0.25) is 4.79 Å². The molecule has 0 saturated heterocycles. The summed E-state index contributed by atoms with van der Waals surface area (Å²) < 4.78 is 35.9. The van der Waals surface area contributed by atoms with Crippen molar-refractivity contribution >= 4 is 29.2 Å². The number of para-hydroxylation sites is 1. The predicted molar refractivity (Wildman–Crippen MR) is 82.9 cm³/mol. The Morgan fingerprint density at radius 1 is 1.08 bits per heavy atom. The van der Waals surface area contributed by atoms with Crippen molar-refractivity contribution < 1.29 is 27.8 Å². The van der Waals surface area contributed by atoms with E-state index in [0.717, 1.165) is 12.1 Å². The van der Waals surface area contributed by atoms with E-state index >= 15 is 0 Å². The Bertz CT molecular complexity index is 755. The molecule has 0 heterocycles. The van der Waals surface area contributed by atoms with Crippen LogP contribution in [0.2, 0.25) is 5.02 Å². The summed E-state index contributed by atoms with van der Waals surface area (Å²) in [6, 6.07) is 9.21. The summed E-state index contributed by atoms with van der Waals surface area (Å²) in [4.78, 5) is 23.1. The highest BCUT2D eigenvalue weighted by Gasteiger charge is 2.12. The first-order chi connectivity index (χ1) is 11.5. The molecule has 5 nitrogen and oxygen atoms in total. The molecule has 2 aromatic rings. The number of esters is 1. The number of hydrogen-bond acceptors (Lipinski definition) is 4. The van der Waals surface area contributed by atoms with E-state index in [2.05, 4.69) is 10.1 Å². The average molecular weight is 356 g/mol. The second kappa shape index (κ2) is 8.26. The summed E-state index contributed by atoms with van der Waals surface area (Å²) in [5.41, 5.74) is -0.218. The van der Waals surface area contributed by atoms with Gasteiger partial charge >= 0.3 is 5.97 Å². The van der Waals surface area contributed by atoms with Crippen LogP contribution in [-0.2, 0) is 14.3 Å². The molecule has 0 spiro atoms. The van der Waals surface area contributed by atoms with Crippen molar-refractivity contribution in [2.75, 3.05) is 18.5 Å². The molecule has 0 radical (unpaired) electrons. The third kappa shape index (κ3) is 5.20. The van der Waals surface area contributed by atoms with E-state index in [1.807, 2.05) is 0 Å². The van der Waals surface area contributed by atoms with Crippen molar-refractivity contribution in [2.24, 2.45) is 0 Å². The Morgan fingerprint density at radius 2 is 1.83 bits per heavy atom. The normalized spacial score (nSPS) is 10.1. The molecule has 8 heteroatoms. The molecule has 0 aromatic heterocycles. The van der Waals surface area contributed by atoms with Crippen molar-refractivity contribution in [3.8, 4) is 5.75 Å². The Kier molecular flexibility index (Phi) is 6.08. The number of benzene rings is 2. The van der Waals surface area contributed by atoms with E-state index in [1.54, 1.807) is 24.3 Å². The maximum Gasteiger partial charge on any atom is 0.344 e. The van der Waals surface area contributed by atoms with Crippen LogP contribution in [-0.4, -0.2) is 25.1 Å². The summed E-state index contributed by atoms with van der Waals surface area (Å²) in [5.74, 6) is -2.98. The van der Waals surface area contributed by atoms with Gasteiger partial charge in [0.25, 0.3) is 5.91 Å². The van der Waals surface area contributed by atoms with Crippen LogP contribution in [0.3, 0.4) is 0 Å². The Balaban J connectivity index is 1.77. The highest BCUT2D eigenvalue weighted by molar-refractivity contribution is 6.32. The highest BCUT2D eigenvalue weighted by Crippen LogP contribution is 2.22. The van der Waals surface area contributed by atoms with Gasteiger partial charge < -0.3 is 14.8 Å². The molecule has 0 aliphatic heterocycles. The lowest BCUT2D eigenvalue weighted by Crippen LogP contribution is -2.24. The quantitative estimate of drug-likeness (QED) is 0.808. The average Bonchev–Trinajstić information content (AvgIpc) is 2.55. The molecule has 2 rings (SSSR count). The van der Waals surface area contributed by atoms with E-state index in [-0.39, 0.29) is 5.69 Å². The van der Waals surface area contributed by atoms with Crippen molar-refractivity contribution in [3.63, 3.8) is 0 Å². The number of amides is 1. The maximum absolute atomic E-state index is 13.4. The fourth-order valence-electron chi connectivity index (χ4n) is 1.66. The van der Waals surface area contributed by atoms with Crippen molar-refractivity contribution in [1.82, 2.24) is 0 Å². The topological polar surface area (TPSA) is 64.6 Å². The second-order valence-corrected chi connectivity index (χ2v) is 4.96. The lowest BCUT2D eigenvalue weighted by Gasteiger charge is -2.09. The van der Waals surface area contributed by atoms with Crippen molar-refractivity contribution in [1.29, 1.82) is 0 Å². The monoisotopic (exact) mass is 355 g/mol. The number of halogens is 3. The molecule has 0 unspecified atom stereocenters. The predicted octanol–water partition coefficient (Wildman–Crippen LogP) is 3.18. The number of rotatable bonds is 6. The SMILES string of the molecule is O=C(COC(=O)COc1ccccc1Cl)Nc1ccc(F)cc1F. The molecule has 126 valence electrons. The Labute approximate surface area is 141 Å². The number of ether oxygens (including phenoxy) is 2. The van der Waals surface area contributed by atoms with Gasteiger partial charge in [0.2, 0.25) is 0 Å². The number of carbonyl (C=O) groups excluding carboxylic acids is 2. The van der Waals surface area contributed by atoms with Gasteiger partial charge in [-0.05, 0) is 24.3 Å². The zero-order chi connectivity index (χ0) is 17.5. The van der Waals surface area contributed by atoms with Crippen LogP contribution in [0.1, 0.15) is 0 Å². The van der Waals surface area contributed by atoms with E-state index in [9.17, 15) is 18.4 Å². The third-order valence-electron chi connectivity index (χ3n) is 2.75. The number of carbonyl (C=O) groups is 2. The van der Waals surface area contributed by atoms with Gasteiger partial charge in [0.15, 0.2) is 13.2 Å². The van der Waals surface area contributed by atoms with E-state index in [4.69, 9.17) is 16.3 Å². The summed E-state index contributed by atoms with van der Waals surface area (Å²) >= 11 is 5.85. The first-order valence-electron chi connectivity index (χ1n) is 6.73. The Morgan fingerprint density at radius 3 is 2.54 bits per heavy atom. The summed E-state index contributed by atoms with van der Waals surface area (Å²) in [7, 11) is 0. The lowest BCUT2D eigenvalue weighted by atomic mass is 10.3. The first kappa shape index (κ1) is 17.7. The lowest BCUT2D eigenvalue weighted by molar-refractivity contribution is -0.149. The molecule has 1 N–H and O–H groups in total. The summed E-state index contributed by atoms with van der Waals surface area (Å²) in [6.07, 6.45) is 0. The fourth-order valence-corrected chi connectivity index (χ4v) is 1.85. The van der Waals surface area contributed by atoms with Gasteiger partial charge in [0.05, 0.1) is 10.7 Å². The van der Waals surface area contributed by atoms with E-state index < -0.39 is 36.7 Å². The number of nitrogens with one attached hydrogen (secondary N) is 1. The molecular weight excluding hydrogens is 344 g/mol. The van der Waals surface area contributed by atoms with Crippen molar-refractivity contribution in [2.45, 2.75) is 0 Å². The standard InChI is InChI=1S/C16H12ClF2NO4/c17-11-3-1-2-4-14(11)23-9-16(22)24-8-15(21)20-13-6-5-10(18)7-12(13)19/h1-7H,8-9H2,(H,20,21). The van der Waals surface area contributed by atoms with Crippen LogP contribution in [0.25, 0.3) is 0 Å².